The minimum atomic E-state index is -1.18. The summed E-state index contributed by atoms with van der Waals surface area (Å²) in [5.41, 5.74) is 0.747. The smallest absolute Gasteiger partial charge is 0.328 e. The Morgan fingerprint density at radius 2 is 2.10 bits per heavy atom. The summed E-state index contributed by atoms with van der Waals surface area (Å²) in [7, 11) is 0. The topological polar surface area (TPSA) is 79.5 Å². The lowest BCUT2D eigenvalue weighted by Gasteiger charge is -2.05. The van der Waals surface area contributed by atoms with Crippen LogP contribution in [0, 0.1) is 5.82 Å². The molecule has 0 spiro atoms. The van der Waals surface area contributed by atoms with Crippen molar-refractivity contribution in [2.45, 2.75) is 0 Å². The first-order valence-corrected chi connectivity index (χ1v) is 5.60. The first-order valence-electron chi connectivity index (χ1n) is 5.60. The van der Waals surface area contributed by atoms with Gasteiger partial charge in [-0.05, 0) is 30.3 Å². The average molecular weight is 275 g/mol. The van der Waals surface area contributed by atoms with E-state index < -0.39 is 17.7 Å². The molecule has 0 fully saturated rings. The minimum absolute atomic E-state index is 0.0670. The lowest BCUT2D eigenvalue weighted by Crippen LogP contribution is -2.11. The van der Waals surface area contributed by atoms with Crippen LogP contribution in [0.25, 0.3) is 6.08 Å². The molecule has 2 rings (SSSR count). The van der Waals surface area contributed by atoms with Crippen molar-refractivity contribution in [3.8, 4) is 0 Å². The van der Waals surface area contributed by atoms with Crippen LogP contribution in [-0.2, 0) is 4.79 Å². The molecule has 2 N–H and O–H groups in total. The van der Waals surface area contributed by atoms with Gasteiger partial charge in [-0.1, -0.05) is 0 Å². The van der Waals surface area contributed by atoms with Gasteiger partial charge in [-0.25, -0.2) is 9.18 Å². The van der Waals surface area contributed by atoms with Crippen LogP contribution in [0.4, 0.5) is 10.1 Å². The van der Waals surface area contributed by atoms with E-state index in [1.807, 2.05) is 0 Å². The van der Waals surface area contributed by atoms with Gasteiger partial charge >= 0.3 is 5.97 Å². The predicted molar refractivity (Wildman–Crippen MR) is 69.7 cm³/mol. The van der Waals surface area contributed by atoms with E-state index in [0.717, 1.165) is 18.2 Å². The molecule has 0 aliphatic carbocycles. The molecule has 0 saturated carbocycles. The largest absolute Gasteiger partial charge is 0.478 e. The van der Waals surface area contributed by atoms with Gasteiger partial charge in [0.25, 0.3) is 5.91 Å². The molecule has 0 saturated heterocycles. The molecule has 0 unspecified atom stereocenters. The molecule has 0 bridgehead atoms. The first kappa shape index (κ1) is 13.5. The van der Waals surface area contributed by atoms with E-state index in [4.69, 9.17) is 9.52 Å². The highest BCUT2D eigenvalue weighted by Gasteiger charge is 2.08. The number of rotatable bonds is 4. The van der Waals surface area contributed by atoms with Gasteiger partial charge in [-0.15, -0.1) is 0 Å². The number of carbonyl (C=O) groups is 2. The fourth-order valence-electron chi connectivity index (χ4n) is 1.51. The number of anilines is 1. The average Bonchev–Trinajstić information content (AvgIpc) is 2.93. The number of hydrogen-bond acceptors (Lipinski definition) is 3. The van der Waals surface area contributed by atoms with Gasteiger partial charge in [-0.3, -0.25) is 4.79 Å². The van der Waals surface area contributed by atoms with Crippen LogP contribution in [0.1, 0.15) is 15.9 Å². The Balaban J connectivity index is 2.19. The van der Waals surface area contributed by atoms with E-state index >= 15 is 0 Å². The first-order chi connectivity index (χ1) is 9.56. The Morgan fingerprint density at radius 1 is 1.30 bits per heavy atom. The summed E-state index contributed by atoms with van der Waals surface area (Å²) < 4.78 is 18.2. The Kier molecular flexibility index (Phi) is 3.95. The second-order valence-corrected chi connectivity index (χ2v) is 3.87. The standard InChI is InChI=1S/C14H10FNO4/c15-12-3-2-11(7-9(12)1-4-13(17)18)16-14(19)10-5-6-20-8-10/h1-8H,(H,16,19)(H,17,18)/b4-1+. The van der Waals surface area contributed by atoms with Crippen molar-refractivity contribution in [1.82, 2.24) is 0 Å². The predicted octanol–water partition coefficient (Wildman–Crippen LogP) is 2.77. The number of amides is 1. The van der Waals surface area contributed by atoms with Gasteiger partial charge in [0.1, 0.15) is 12.1 Å². The van der Waals surface area contributed by atoms with Crippen LogP contribution in [0.5, 0.6) is 0 Å². The number of halogens is 1. The zero-order valence-corrected chi connectivity index (χ0v) is 10.2. The maximum absolute atomic E-state index is 13.5. The van der Waals surface area contributed by atoms with Crippen molar-refractivity contribution < 1.29 is 23.5 Å². The molecule has 1 amide bonds. The lowest BCUT2D eigenvalue weighted by atomic mass is 10.1. The van der Waals surface area contributed by atoms with Gasteiger partial charge in [0.15, 0.2) is 0 Å². The minimum Gasteiger partial charge on any atom is -0.478 e. The van der Waals surface area contributed by atoms with Gasteiger partial charge in [0, 0.05) is 17.3 Å². The fourth-order valence-corrected chi connectivity index (χ4v) is 1.51. The number of carboxylic acids is 1. The summed E-state index contributed by atoms with van der Waals surface area (Å²) in [4.78, 5) is 22.2. The van der Waals surface area contributed by atoms with Crippen LogP contribution in [0.3, 0.4) is 0 Å². The third-order valence-corrected chi connectivity index (χ3v) is 2.44. The molecule has 1 aromatic heterocycles. The fraction of sp³-hybridized carbons (Fsp3) is 0. The van der Waals surface area contributed by atoms with Crippen molar-refractivity contribution in [2.75, 3.05) is 5.32 Å². The van der Waals surface area contributed by atoms with Gasteiger partial charge in [0.05, 0.1) is 11.8 Å². The second-order valence-electron chi connectivity index (χ2n) is 3.87. The SMILES string of the molecule is O=C(O)/C=C/c1cc(NC(=O)c2ccoc2)ccc1F. The Bertz CT molecular complexity index is 662. The molecule has 0 aliphatic rings. The summed E-state index contributed by atoms with van der Waals surface area (Å²) in [5, 5.41) is 11.1. The van der Waals surface area contributed by atoms with E-state index in [1.54, 1.807) is 0 Å². The van der Waals surface area contributed by atoms with E-state index in [0.29, 0.717) is 11.3 Å². The van der Waals surface area contributed by atoms with Crippen molar-refractivity contribution in [3.63, 3.8) is 0 Å². The molecular weight excluding hydrogens is 265 g/mol. The number of hydrogen-bond donors (Lipinski definition) is 2. The van der Waals surface area contributed by atoms with Crippen molar-refractivity contribution in [1.29, 1.82) is 0 Å². The summed E-state index contributed by atoms with van der Waals surface area (Å²) in [6.45, 7) is 0. The molecule has 102 valence electrons. The van der Waals surface area contributed by atoms with Crippen LogP contribution < -0.4 is 5.32 Å². The molecular formula is C14H10FNO4. The summed E-state index contributed by atoms with van der Waals surface area (Å²) in [6.07, 6.45) is 4.58. The van der Waals surface area contributed by atoms with Crippen molar-refractivity contribution in [3.05, 3.63) is 59.8 Å². The maximum Gasteiger partial charge on any atom is 0.328 e. The third kappa shape index (κ3) is 3.32. The van der Waals surface area contributed by atoms with Gasteiger partial charge in [0.2, 0.25) is 0 Å². The highest BCUT2D eigenvalue weighted by Crippen LogP contribution is 2.17. The van der Waals surface area contributed by atoms with Crippen molar-refractivity contribution >= 4 is 23.6 Å². The molecule has 5 nitrogen and oxygen atoms in total. The number of nitrogens with one attached hydrogen (secondary N) is 1. The molecule has 2 aromatic rings. The van der Waals surface area contributed by atoms with E-state index in [1.165, 1.54) is 30.7 Å². The molecule has 1 aromatic carbocycles. The molecule has 20 heavy (non-hydrogen) atoms. The summed E-state index contributed by atoms with van der Waals surface area (Å²) in [5.74, 6) is -2.17. The number of benzene rings is 1. The maximum atomic E-state index is 13.5. The van der Waals surface area contributed by atoms with Crippen LogP contribution in [-0.4, -0.2) is 17.0 Å². The number of carboxylic acid groups (broad SMARTS) is 1. The zero-order valence-electron chi connectivity index (χ0n) is 10.2. The van der Waals surface area contributed by atoms with Crippen LogP contribution in [0.2, 0.25) is 0 Å². The van der Waals surface area contributed by atoms with E-state index in [2.05, 4.69) is 5.32 Å². The molecule has 0 atom stereocenters. The van der Waals surface area contributed by atoms with Crippen molar-refractivity contribution in [2.24, 2.45) is 0 Å². The molecule has 1 heterocycles. The quantitative estimate of drug-likeness (QED) is 0.841. The highest BCUT2D eigenvalue weighted by molar-refractivity contribution is 6.04. The molecule has 0 aliphatic heterocycles. The van der Waals surface area contributed by atoms with Crippen LogP contribution in [0.15, 0.2) is 47.3 Å². The normalized spacial score (nSPS) is 10.7. The summed E-state index contributed by atoms with van der Waals surface area (Å²) in [6, 6.07) is 5.36. The van der Waals surface area contributed by atoms with Gasteiger partial charge in [-0.2, -0.15) is 0 Å². The Hall–Kier alpha value is -2.89. The third-order valence-electron chi connectivity index (χ3n) is 2.44. The number of carbonyl (C=O) groups excluding carboxylic acids is 1. The van der Waals surface area contributed by atoms with E-state index in [9.17, 15) is 14.0 Å². The monoisotopic (exact) mass is 275 g/mol. The molecule has 0 radical (unpaired) electrons. The number of aliphatic carboxylic acids is 1. The van der Waals surface area contributed by atoms with Gasteiger partial charge < -0.3 is 14.8 Å². The highest BCUT2D eigenvalue weighted by atomic mass is 19.1. The zero-order chi connectivity index (χ0) is 14.5. The molecule has 6 heteroatoms. The number of furan rings is 1. The summed E-state index contributed by atoms with van der Waals surface area (Å²) >= 11 is 0. The Morgan fingerprint density at radius 3 is 2.75 bits per heavy atom. The van der Waals surface area contributed by atoms with Crippen LogP contribution >= 0.6 is 0 Å². The lowest BCUT2D eigenvalue weighted by molar-refractivity contribution is -0.131. The van der Waals surface area contributed by atoms with E-state index in [-0.39, 0.29) is 5.56 Å². The second kappa shape index (κ2) is 5.83. The Labute approximate surface area is 113 Å².